The van der Waals surface area contributed by atoms with Crippen molar-refractivity contribution in [3.05, 3.63) is 35.9 Å². The molecule has 6 heteroatoms. The molecule has 1 fully saturated rings. The Morgan fingerprint density at radius 3 is 2.10 bits per heavy atom. The summed E-state index contributed by atoms with van der Waals surface area (Å²) in [7, 11) is -3.09. The molecule has 3 N–H and O–H groups in total. The van der Waals surface area contributed by atoms with E-state index >= 15 is 0 Å². The minimum Gasteiger partial charge on any atom is -0.326 e. The van der Waals surface area contributed by atoms with Crippen LogP contribution >= 0.6 is 0 Å². The second-order valence-corrected chi connectivity index (χ2v) is 6.88. The molecule has 1 aromatic carbocycles. The maximum absolute atomic E-state index is 10.9. The van der Waals surface area contributed by atoms with E-state index in [1.807, 2.05) is 18.2 Å². The molecule has 0 radical (unpaired) electrons. The molecule has 1 aromatic rings. The molecule has 116 valence electrons. The first-order valence-corrected chi connectivity index (χ1v) is 8.52. The number of nitrogens with one attached hydrogen (secondary N) is 1. The molecule has 0 aromatic heterocycles. The number of nitrogens with two attached hydrogens (primary N) is 1. The molecular weight excluding hydrogens is 361 g/mol. The van der Waals surface area contributed by atoms with Crippen molar-refractivity contribution in [3.8, 4) is 0 Å². The van der Waals surface area contributed by atoms with Crippen LogP contribution in [0.15, 0.2) is 30.3 Å². The standard InChI is InChI=1S/C7H16N2O2S.C7H8.Ru/c1-12(10,11)9-7-5-3-2-4-6(7)8;1-7-5-3-2-4-6-7;/h6-7,9H,2-5,8H2,1H3;2-6H,1H3;/t6-,7-;;/m0../s1. The smallest absolute Gasteiger partial charge is 0.209 e. The van der Waals surface area contributed by atoms with E-state index in [0.717, 1.165) is 25.7 Å². The molecule has 2 rings (SSSR count). The second-order valence-electron chi connectivity index (χ2n) is 5.10. The van der Waals surface area contributed by atoms with Crippen molar-refractivity contribution in [1.29, 1.82) is 0 Å². The average Bonchev–Trinajstić information content (AvgIpc) is 2.32. The molecule has 0 aliphatic heterocycles. The monoisotopic (exact) mass is 386 g/mol. The van der Waals surface area contributed by atoms with Gasteiger partial charge in [-0.2, -0.15) is 0 Å². The molecule has 4 nitrogen and oxygen atoms in total. The summed E-state index contributed by atoms with van der Waals surface area (Å²) >= 11 is 0. The van der Waals surface area contributed by atoms with Gasteiger partial charge in [-0.15, -0.1) is 0 Å². The van der Waals surface area contributed by atoms with Crippen molar-refractivity contribution in [2.45, 2.75) is 44.7 Å². The van der Waals surface area contributed by atoms with Gasteiger partial charge >= 0.3 is 0 Å². The zero-order valence-corrected chi connectivity index (χ0v) is 14.6. The number of benzene rings is 1. The number of sulfonamides is 1. The van der Waals surface area contributed by atoms with E-state index in [-0.39, 0.29) is 31.6 Å². The van der Waals surface area contributed by atoms with Gasteiger partial charge in [-0.05, 0) is 19.8 Å². The SMILES string of the molecule is CS(=O)(=O)N[C@H]1CCCC[C@@H]1N.Cc1ccccc1.[Ru]. The minimum absolute atomic E-state index is 0. The van der Waals surface area contributed by atoms with Gasteiger partial charge in [0.15, 0.2) is 0 Å². The van der Waals surface area contributed by atoms with E-state index in [2.05, 4.69) is 23.8 Å². The molecule has 2 atom stereocenters. The summed E-state index contributed by atoms with van der Waals surface area (Å²) in [6.07, 6.45) is 5.15. The fourth-order valence-corrected chi connectivity index (χ4v) is 2.96. The molecular formula is C14H24N2O2RuS. The molecule has 0 heterocycles. The topological polar surface area (TPSA) is 72.2 Å². The number of hydrogen-bond acceptors (Lipinski definition) is 3. The number of aryl methyl sites for hydroxylation is 1. The Morgan fingerprint density at radius 2 is 1.70 bits per heavy atom. The number of hydrogen-bond donors (Lipinski definition) is 2. The summed E-state index contributed by atoms with van der Waals surface area (Å²) in [6.45, 7) is 2.08. The van der Waals surface area contributed by atoms with Crippen molar-refractivity contribution in [2.75, 3.05) is 6.26 Å². The van der Waals surface area contributed by atoms with Crippen molar-refractivity contribution >= 4 is 10.0 Å². The van der Waals surface area contributed by atoms with Crippen LogP contribution in [0.3, 0.4) is 0 Å². The predicted molar refractivity (Wildman–Crippen MR) is 79.4 cm³/mol. The summed E-state index contributed by atoms with van der Waals surface area (Å²) in [5.41, 5.74) is 7.08. The second kappa shape index (κ2) is 9.61. The summed E-state index contributed by atoms with van der Waals surface area (Å²) in [5.74, 6) is 0. The van der Waals surface area contributed by atoms with Gasteiger partial charge < -0.3 is 5.73 Å². The summed E-state index contributed by atoms with van der Waals surface area (Å²) in [5, 5.41) is 0. The van der Waals surface area contributed by atoms with Crippen LogP contribution in [0.5, 0.6) is 0 Å². The van der Waals surface area contributed by atoms with Crippen molar-refractivity contribution in [1.82, 2.24) is 4.72 Å². The van der Waals surface area contributed by atoms with Gasteiger partial charge in [-0.25, -0.2) is 13.1 Å². The molecule has 0 bridgehead atoms. The third-order valence-corrected chi connectivity index (χ3v) is 3.86. The quantitative estimate of drug-likeness (QED) is 0.763. The maximum Gasteiger partial charge on any atom is 0.209 e. The van der Waals surface area contributed by atoms with E-state index in [0.29, 0.717) is 0 Å². The van der Waals surface area contributed by atoms with Gasteiger partial charge in [-0.1, -0.05) is 48.7 Å². The first-order valence-electron chi connectivity index (χ1n) is 6.63. The largest absolute Gasteiger partial charge is 0.326 e. The summed E-state index contributed by atoms with van der Waals surface area (Å²) < 4.78 is 24.3. The van der Waals surface area contributed by atoms with Crippen molar-refractivity contribution in [3.63, 3.8) is 0 Å². The summed E-state index contributed by atoms with van der Waals surface area (Å²) in [4.78, 5) is 0. The maximum atomic E-state index is 10.9. The third-order valence-electron chi connectivity index (χ3n) is 3.13. The van der Waals surface area contributed by atoms with Crippen LogP contribution in [0.1, 0.15) is 31.2 Å². The van der Waals surface area contributed by atoms with Gasteiger partial charge in [-0.3, -0.25) is 0 Å². The van der Waals surface area contributed by atoms with E-state index in [4.69, 9.17) is 5.73 Å². The van der Waals surface area contributed by atoms with Crippen LogP contribution in [0.4, 0.5) is 0 Å². The zero-order valence-electron chi connectivity index (χ0n) is 12.0. The van der Waals surface area contributed by atoms with E-state index in [1.54, 1.807) is 0 Å². The number of rotatable bonds is 2. The van der Waals surface area contributed by atoms with Crippen LogP contribution in [-0.4, -0.2) is 26.8 Å². The zero-order chi connectivity index (χ0) is 14.3. The molecule has 1 saturated carbocycles. The van der Waals surface area contributed by atoms with Gasteiger partial charge in [0.1, 0.15) is 0 Å². The van der Waals surface area contributed by atoms with E-state index in [1.165, 1.54) is 11.8 Å². The van der Waals surface area contributed by atoms with Gasteiger partial charge in [0.25, 0.3) is 0 Å². The first-order chi connectivity index (χ1) is 8.88. The normalized spacial score (nSPS) is 22.1. The minimum atomic E-state index is -3.09. The molecule has 0 unspecified atom stereocenters. The molecule has 0 saturated heterocycles. The first kappa shape index (κ1) is 19.7. The Balaban J connectivity index is 0.000000387. The predicted octanol–water partition coefficient (Wildman–Crippen LogP) is 1.80. The van der Waals surface area contributed by atoms with Gasteiger partial charge in [0, 0.05) is 31.6 Å². The molecule has 20 heavy (non-hydrogen) atoms. The van der Waals surface area contributed by atoms with E-state index in [9.17, 15) is 8.42 Å². The van der Waals surface area contributed by atoms with Crippen LogP contribution in [0.2, 0.25) is 0 Å². The van der Waals surface area contributed by atoms with Crippen molar-refractivity contribution < 1.29 is 27.9 Å². The van der Waals surface area contributed by atoms with Crippen LogP contribution < -0.4 is 10.5 Å². The Kier molecular flexibility index (Phi) is 9.48. The van der Waals surface area contributed by atoms with E-state index < -0.39 is 10.0 Å². The van der Waals surface area contributed by atoms with Gasteiger partial charge in [0.05, 0.1) is 6.26 Å². The fraction of sp³-hybridized carbons (Fsp3) is 0.571. The Morgan fingerprint density at radius 1 is 1.15 bits per heavy atom. The molecule has 0 spiro atoms. The Hall–Kier alpha value is -0.287. The van der Waals surface area contributed by atoms with Gasteiger partial charge in [0.2, 0.25) is 10.0 Å². The van der Waals surface area contributed by atoms with Crippen LogP contribution in [-0.2, 0) is 29.5 Å². The van der Waals surface area contributed by atoms with Crippen molar-refractivity contribution in [2.24, 2.45) is 5.73 Å². The molecule has 1 aliphatic rings. The Labute approximate surface area is 135 Å². The van der Waals surface area contributed by atoms with Crippen LogP contribution in [0.25, 0.3) is 0 Å². The average molecular weight is 385 g/mol. The third kappa shape index (κ3) is 8.80. The Bertz CT molecular complexity index is 465. The fourth-order valence-electron chi connectivity index (χ4n) is 2.12. The summed E-state index contributed by atoms with van der Waals surface area (Å²) in [6, 6.07) is 10.2. The molecule has 0 amide bonds. The molecule has 1 aliphatic carbocycles. The van der Waals surface area contributed by atoms with Crippen LogP contribution in [0, 0.1) is 6.92 Å².